The van der Waals surface area contributed by atoms with Crippen molar-refractivity contribution in [1.29, 1.82) is 0 Å². The molecule has 20 heavy (non-hydrogen) atoms. The van der Waals surface area contributed by atoms with Crippen molar-refractivity contribution in [3.8, 4) is 5.75 Å². The highest BCUT2D eigenvalue weighted by atomic mass is 16.5. The third-order valence-corrected chi connectivity index (χ3v) is 3.16. The molecule has 0 saturated heterocycles. The summed E-state index contributed by atoms with van der Waals surface area (Å²) in [6.45, 7) is 4.13. The number of aryl methyl sites for hydroxylation is 1. The van der Waals surface area contributed by atoms with E-state index in [0.29, 0.717) is 18.8 Å². The SMILES string of the molecule is COc1ccccc1CCC(=O)NC(CO)CC(C)C. The second kappa shape index (κ2) is 8.59. The molecule has 1 amide bonds. The van der Waals surface area contributed by atoms with Gasteiger partial charge in [0.15, 0.2) is 0 Å². The zero-order valence-electron chi connectivity index (χ0n) is 12.6. The van der Waals surface area contributed by atoms with Crippen LogP contribution in [-0.2, 0) is 11.2 Å². The van der Waals surface area contributed by atoms with E-state index < -0.39 is 0 Å². The fourth-order valence-corrected chi connectivity index (χ4v) is 2.21. The number of ether oxygens (including phenoxy) is 1. The number of aliphatic hydroxyl groups is 1. The van der Waals surface area contributed by atoms with Gasteiger partial charge in [0.1, 0.15) is 5.75 Å². The zero-order chi connectivity index (χ0) is 15.0. The summed E-state index contributed by atoms with van der Waals surface area (Å²) in [4.78, 5) is 11.9. The quantitative estimate of drug-likeness (QED) is 0.766. The van der Waals surface area contributed by atoms with Gasteiger partial charge in [0.25, 0.3) is 0 Å². The van der Waals surface area contributed by atoms with E-state index in [4.69, 9.17) is 4.74 Å². The number of methoxy groups -OCH3 is 1. The summed E-state index contributed by atoms with van der Waals surface area (Å²) in [5, 5.41) is 12.1. The molecular weight excluding hydrogens is 254 g/mol. The van der Waals surface area contributed by atoms with Gasteiger partial charge in [-0.2, -0.15) is 0 Å². The lowest BCUT2D eigenvalue weighted by atomic mass is 10.0. The predicted octanol–water partition coefficient (Wildman–Crippen LogP) is 2.15. The van der Waals surface area contributed by atoms with Crippen molar-refractivity contribution in [1.82, 2.24) is 5.32 Å². The molecule has 0 heterocycles. The van der Waals surface area contributed by atoms with Gasteiger partial charge in [0.2, 0.25) is 5.91 Å². The lowest BCUT2D eigenvalue weighted by Gasteiger charge is -2.18. The molecule has 0 radical (unpaired) electrons. The van der Waals surface area contributed by atoms with E-state index in [2.05, 4.69) is 19.2 Å². The Labute approximate surface area is 121 Å². The zero-order valence-corrected chi connectivity index (χ0v) is 12.6. The fraction of sp³-hybridized carbons (Fsp3) is 0.562. The lowest BCUT2D eigenvalue weighted by molar-refractivity contribution is -0.122. The van der Waals surface area contributed by atoms with Gasteiger partial charge in [-0.25, -0.2) is 0 Å². The van der Waals surface area contributed by atoms with Crippen LogP contribution in [0.1, 0.15) is 32.3 Å². The van der Waals surface area contributed by atoms with Gasteiger partial charge in [-0.3, -0.25) is 4.79 Å². The van der Waals surface area contributed by atoms with Crippen LogP contribution in [0.4, 0.5) is 0 Å². The molecule has 4 nitrogen and oxygen atoms in total. The number of rotatable bonds is 8. The summed E-state index contributed by atoms with van der Waals surface area (Å²) < 4.78 is 5.26. The van der Waals surface area contributed by atoms with Crippen LogP contribution in [0.15, 0.2) is 24.3 Å². The first-order chi connectivity index (χ1) is 9.56. The van der Waals surface area contributed by atoms with Gasteiger partial charge < -0.3 is 15.2 Å². The van der Waals surface area contributed by atoms with Gasteiger partial charge in [-0.15, -0.1) is 0 Å². The Balaban J connectivity index is 2.46. The fourth-order valence-electron chi connectivity index (χ4n) is 2.21. The number of carbonyl (C=O) groups is 1. The molecule has 2 N–H and O–H groups in total. The number of hydrogen-bond acceptors (Lipinski definition) is 3. The summed E-state index contributed by atoms with van der Waals surface area (Å²) in [6, 6.07) is 7.55. The van der Waals surface area contributed by atoms with E-state index in [-0.39, 0.29) is 18.6 Å². The molecule has 0 saturated carbocycles. The Hall–Kier alpha value is -1.55. The summed E-state index contributed by atoms with van der Waals surface area (Å²) in [7, 11) is 1.63. The molecular formula is C16H25NO3. The highest BCUT2D eigenvalue weighted by molar-refractivity contribution is 5.76. The Bertz CT molecular complexity index is 418. The highest BCUT2D eigenvalue weighted by Gasteiger charge is 2.13. The summed E-state index contributed by atoms with van der Waals surface area (Å²) >= 11 is 0. The normalized spacial score (nSPS) is 12.2. The van der Waals surface area contributed by atoms with Gasteiger partial charge in [0.05, 0.1) is 19.8 Å². The summed E-state index contributed by atoms with van der Waals surface area (Å²) in [5.41, 5.74) is 1.02. The smallest absolute Gasteiger partial charge is 0.220 e. The molecule has 0 aliphatic heterocycles. The van der Waals surface area contributed by atoms with Crippen molar-refractivity contribution in [3.63, 3.8) is 0 Å². The number of benzene rings is 1. The highest BCUT2D eigenvalue weighted by Crippen LogP contribution is 2.18. The molecule has 0 aliphatic carbocycles. The van der Waals surface area contributed by atoms with Crippen molar-refractivity contribution >= 4 is 5.91 Å². The average Bonchev–Trinajstić information content (AvgIpc) is 2.44. The Morgan fingerprint density at radius 1 is 1.35 bits per heavy atom. The Morgan fingerprint density at radius 2 is 2.05 bits per heavy atom. The van der Waals surface area contributed by atoms with Gasteiger partial charge in [0, 0.05) is 6.42 Å². The Morgan fingerprint density at radius 3 is 2.65 bits per heavy atom. The van der Waals surface area contributed by atoms with Crippen LogP contribution >= 0.6 is 0 Å². The number of carbonyl (C=O) groups excluding carboxylic acids is 1. The standard InChI is InChI=1S/C16H25NO3/c1-12(2)10-14(11-18)17-16(19)9-8-13-6-4-5-7-15(13)20-3/h4-7,12,14,18H,8-11H2,1-3H3,(H,17,19). The van der Waals surface area contributed by atoms with Gasteiger partial charge in [-0.05, 0) is 30.4 Å². The molecule has 0 fully saturated rings. The molecule has 0 bridgehead atoms. The van der Waals surface area contributed by atoms with Crippen LogP contribution < -0.4 is 10.1 Å². The molecule has 1 atom stereocenters. The van der Waals surface area contributed by atoms with E-state index >= 15 is 0 Å². The van der Waals surface area contributed by atoms with Crippen molar-refractivity contribution in [2.75, 3.05) is 13.7 Å². The predicted molar refractivity (Wildman–Crippen MR) is 79.8 cm³/mol. The largest absolute Gasteiger partial charge is 0.496 e. The number of amides is 1. The van der Waals surface area contributed by atoms with E-state index in [1.165, 1.54) is 0 Å². The molecule has 0 aromatic heterocycles. The number of para-hydroxylation sites is 1. The monoisotopic (exact) mass is 279 g/mol. The molecule has 1 unspecified atom stereocenters. The maximum atomic E-state index is 11.9. The van der Waals surface area contributed by atoms with Crippen LogP contribution in [0.5, 0.6) is 5.75 Å². The maximum Gasteiger partial charge on any atom is 0.220 e. The van der Waals surface area contributed by atoms with Crippen molar-refractivity contribution < 1.29 is 14.6 Å². The first-order valence-electron chi connectivity index (χ1n) is 7.09. The third-order valence-electron chi connectivity index (χ3n) is 3.16. The van der Waals surface area contributed by atoms with Crippen molar-refractivity contribution in [2.24, 2.45) is 5.92 Å². The molecule has 112 valence electrons. The van der Waals surface area contributed by atoms with Crippen LogP contribution in [0, 0.1) is 5.92 Å². The van der Waals surface area contributed by atoms with E-state index in [9.17, 15) is 9.90 Å². The van der Waals surface area contributed by atoms with Gasteiger partial charge >= 0.3 is 0 Å². The van der Waals surface area contributed by atoms with E-state index in [0.717, 1.165) is 17.7 Å². The molecule has 0 aliphatic rings. The van der Waals surface area contributed by atoms with Gasteiger partial charge in [-0.1, -0.05) is 32.0 Å². The summed E-state index contributed by atoms with van der Waals surface area (Å²) in [6.07, 6.45) is 1.82. The molecule has 1 rings (SSSR count). The van der Waals surface area contributed by atoms with Crippen LogP contribution in [-0.4, -0.2) is 30.8 Å². The minimum Gasteiger partial charge on any atom is -0.496 e. The number of nitrogens with one attached hydrogen (secondary N) is 1. The second-order valence-electron chi connectivity index (χ2n) is 5.39. The third kappa shape index (κ3) is 5.61. The van der Waals surface area contributed by atoms with Crippen LogP contribution in [0.25, 0.3) is 0 Å². The van der Waals surface area contributed by atoms with Crippen LogP contribution in [0.2, 0.25) is 0 Å². The molecule has 0 spiro atoms. The van der Waals surface area contributed by atoms with E-state index in [1.54, 1.807) is 7.11 Å². The summed E-state index contributed by atoms with van der Waals surface area (Å²) in [5.74, 6) is 1.22. The average molecular weight is 279 g/mol. The first-order valence-corrected chi connectivity index (χ1v) is 7.09. The lowest BCUT2D eigenvalue weighted by Crippen LogP contribution is -2.38. The molecule has 1 aromatic rings. The molecule has 1 aromatic carbocycles. The number of aliphatic hydroxyl groups excluding tert-OH is 1. The van der Waals surface area contributed by atoms with Crippen LogP contribution in [0.3, 0.4) is 0 Å². The second-order valence-corrected chi connectivity index (χ2v) is 5.39. The minimum absolute atomic E-state index is 0.0153. The number of hydrogen-bond donors (Lipinski definition) is 2. The minimum atomic E-state index is -0.153. The molecule has 4 heteroatoms. The topological polar surface area (TPSA) is 58.6 Å². The van der Waals surface area contributed by atoms with Crippen molar-refractivity contribution in [2.45, 2.75) is 39.2 Å². The maximum absolute atomic E-state index is 11.9. The first kappa shape index (κ1) is 16.5. The van der Waals surface area contributed by atoms with E-state index in [1.807, 2.05) is 24.3 Å². The Kier molecular flexibility index (Phi) is 7.09. The van der Waals surface area contributed by atoms with Crippen molar-refractivity contribution in [3.05, 3.63) is 29.8 Å².